The third-order valence-corrected chi connectivity index (χ3v) is 5.96. The number of halogens is 2. The zero-order valence-corrected chi connectivity index (χ0v) is 16.9. The van der Waals surface area contributed by atoms with Crippen molar-refractivity contribution < 1.29 is 9.53 Å². The molecule has 0 amide bonds. The fraction of sp³-hybridized carbons (Fsp3) is 0.476. The number of ether oxygens (including phenoxy) is 1. The van der Waals surface area contributed by atoms with Crippen molar-refractivity contribution in [3.8, 4) is 0 Å². The van der Waals surface area contributed by atoms with E-state index >= 15 is 0 Å². The average molecular weight is 394 g/mol. The molecule has 2 aromatic rings. The molecule has 1 aromatic heterocycles. The lowest BCUT2D eigenvalue weighted by molar-refractivity contribution is -0.139. The average Bonchev–Trinajstić information content (AvgIpc) is 3.06. The van der Waals surface area contributed by atoms with E-state index in [1.54, 1.807) is 0 Å². The molecule has 1 aliphatic rings. The highest BCUT2D eigenvalue weighted by Crippen LogP contribution is 2.44. The van der Waals surface area contributed by atoms with Crippen LogP contribution >= 0.6 is 23.2 Å². The van der Waals surface area contributed by atoms with Crippen LogP contribution in [0.1, 0.15) is 62.8 Å². The summed E-state index contributed by atoms with van der Waals surface area (Å²) >= 11 is 12.3. The maximum atomic E-state index is 11.8. The van der Waals surface area contributed by atoms with Gasteiger partial charge in [-0.05, 0) is 19.4 Å². The Morgan fingerprint density at radius 3 is 2.46 bits per heavy atom. The van der Waals surface area contributed by atoms with Gasteiger partial charge in [-0.15, -0.1) is 0 Å². The number of hydrogen-bond donors (Lipinski definition) is 0. The summed E-state index contributed by atoms with van der Waals surface area (Å²) in [6.07, 6.45) is 6.93. The number of carbonyl (C=O) groups is 1. The van der Waals surface area contributed by atoms with Gasteiger partial charge in [0, 0.05) is 28.7 Å². The van der Waals surface area contributed by atoms with Crippen molar-refractivity contribution in [2.24, 2.45) is 0 Å². The molecular weight excluding hydrogens is 369 g/mol. The van der Waals surface area contributed by atoms with Gasteiger partial charge in [-0.2, -0.15) is 0 Å². The monoisotopic (exact) mass is 393 g/mol. The summed E-state index contributed by atoms with van der Waals surface area (Å²) in [6.45, 7) is 5.25. The number of fused-ring (bicyclic) bond motifs is 1. The highest BCUT2D eigenvalue weighted by Gasteiger charge is 2.36. The Kier molecular flexibility index (Phi) is 6.31. The molecule has 1 unspecified atom stereocenters. The maximum absolute atomic E-state index is 11.8. The first-order valence-corrected chi connectivity index (χ1v) is 10.2. The number of hydrogen-bond acceptors (Lipinski definition) is 2. The summed E-state index contributed by atoms with van der Waals surface area (Å²) in [5.41, 5.74) is 3.18. The van der Waals surface area contributed by atoms with Crippen LogP contribution in [0.4, 0.5) is 0 Å². The second-order valence-corrected chi connectivity index (χ2v) is 7.67. The molecule has 2 heterocycles. The molecule has 140 valence electrons. The third-order valence-electron chi connectivity index (χ3n) is 5.12. The fourth-order valence-electron chi connectivity index (χ4n) is 3.74. The van der Waals surface area contributed by atoms with Crippen molar-refractivity contribution in [3.63, 3.8) is 0 Å². The van der Waals surface area contributed by atoms with Gasteiger partial charge in [0.1, 0.15) is 5.03 Å². The van der Waals surface area contributed by atoms with Crippen LogP contribution in [0.25, 0.3) is 10.9 Å². The first kappa shape index (κ1) is 19.3. The van der Waals surface area contributed by atoms with Crippen LogP contribution in [-0.2, 0) is 16.1 Å². The van der Waals surface area contributed by atoms with Crippen molar-refractivity contribution in [1.82, 2.24) is 4.57 Å². The van der Waals surface area contributed by atoms with Gasteiger partial charge in [0.25, 0.3) is 0 Å². The molecule has 5 heteroatoms. The predicted molar refractivity (Wildman–Crippen MR) is 108 cm³/mol. The normalized spacial score (nSPS) is 17.4. The second-order valence-electron chi connectivity index (χ2n) is 6.88. The Hall–Kier alpha value is -1.45. The van der Waals surface area contributed by atoms with Gasteiger partial charge in [-0.1, -0.05) is 80.4 Å². The number of para-hydroxylation sites is 1. The molecule has 3 nitrogen and oxygen atoms in total. The van der Waals surface area contributed by atoms with Gasteiger partial charge in [0.05, 0.1) is 5.03 Å². The molecule has 0 N–H and O–H groups in total. The van der Waals surface area contributed by atoms with Crippen LogP contribution in [0.5, 0.6) is 0 Å². The number of carbonyl (C=O) groups excluding carboxylic acids is 1. The van der Waals surface area contributed by atoms with E-state index < -0.39 is 12.1 Å². The first-order valence-electron chi connectivity index (χ1n) is 9.40. The van der Waals surface area contributed by atoms with Crippen molar-refractivity contribution in [3.05, 3.63) is 45.6 Å². The molecule has 1 aromatic carbocycles. The van der Waals surface area contributed by atoms with Gasteiger partial charge >= 0.3 is 5.97 Å². The van der Waals surface area contributed by atoms with E-state index in [4.69, 9.17) is 27.9 Å². The molecule has 26 heavy (non-hydrogen) atoms. The predicted octanol–water partition coefficient (Wildman–Crippen LogP) is 6.60. The molecule has 1 atom stereocenters. The van der Waals surface area contributed by atoms with E-state index in [1.807, 2.05) is 12.1 Å². The topological polar surface area (TPSA) is 31.2 Å². The molecule has 0 fully saturated rings. The minimum Gasteiger partial charge on any atom is -0.447 e. The van der Waals surface area contributed by atoms with Crippen LogP contribution in [0.15, 0.2) is 34.3 Å². The molecule has 0 spiro atoms. The smallest absolute Gasteiger partial charge is 0.352 e. The van der Waals surface area contributed by atoms with Crippen LogP contribution in [0.3, 0.4) is 0 Å². The van der Waals surface area contributed by atoms with Crippen LogP contribution in [0, 0.1) is 6.92 Å². The molecule has 0 aliphatic carbocycles. The number of rotatable bonds is 8. The van der Waals surface area contributed by atoms with Gasteiger partial charge in [-0.25, -0.2) is 4.79 Å². The van der Waals surface area contributed by atoms with E-state index in [0.717, 1.165) is 35.1 Å². The zero-order valence-electron chi connectivity index (χ0n) is 15.4. The number of unbranched alkanes of at least 4 members (excludes halogenated alkanes) is 5. The Bertz CT molecular complexity index is 838. The lowest BCUT2D eigenvalue weighted by Crippen LogP contribution is -2.05. The van der Waals surface area contributed by atoms with Crippen LogP contribution in [0.2, 0.25) is 0 Å². The van der Waals surface area contributed by atoms with E-state index in [1.165, 1.54) is 32.1 Å². The molecule has 0 saturated carbocycles. The number of esters is 1. The number of cyclic esters (lactones) is 1. The standard InChI is InChI=1S/C21H25Cl2NO2/c1-3-4-5-6-7-10-13-24-14(2)17(15-11-8-9-12-16(15)24)20-18(22)19(23)21(25)26-20/h8-9,11-12,20H,3-7,10,13H2,1-2H3. The molecule has 0 saturated heterocycles. The highest BCUT2D eigenvalue weighted by atomic mass is 35.5. The lowest BCUT2D eigenvalue weighted by atomic mass is 10.1. The SMILES string of the molecule is CCCCCCCCn1c(C)c(C2OC(=O)C(Cl)=C2Cl)c2ccccc21. The van der Waals surface area contributed by atoms with Gasteiger partial charge in [0.2, 0.25) is 0 Å². The van der Waals surface area contributed by atoms with Gasteiger partial charge in [-0.3, -0.25) is 0 Å². The minimum atomic E-state index is -0.604. The summed E-state index contributed by atoms with van der Waals surface area (Å²) in [4.78, 5) is 11.8. The summed E-state index contributed by atoms with van der Waals surface area (Å²) in [5.74, 6) is -0.547. The number of aryl methyl sites for hydroxylation is 1. The number of benzene rings is 1. The summed E-state index contributed by atoms with van der Waals surface area (Å²) in [6, 6.07) is 8.20. The largest absolute Gasteiger partial charge is 0.447 e. The molecular formula is C21H25Cl2NO2. The quantitative estimate of drug-likeness (QED) is 0.373. The Morgan fingerprint density at radius 1 is 1.08 bits per heavy atom. The second kappa shape index (κ2) is 8.49. The fourth-order valence-corrected chi connectivity index (χ4v) is 4.11. The molecule has 3 rings (SSSR count). The van der Waals surface area contributed by atoms with Crippen molar-refractivity contribution in [1.29, 1.82) is 0 Å². The van der Waals surface area contributed by atoms with E-state index in [0.29, 0.717) is 0 Å². The third kappa shape index (κ3) is 3.65. The Morgan fingerprint density at radius 2 is 1.77 bits per heavy atom. The molecule has 0 bridgehead atoms. The van der Waals surface area contributed by atoms with Crippen molar-refractivity contribution >= 4 is 40.1 Å². The Labute approximate surface area is 164 Å². The number of aromatic nitrogens is 1. The summed E-state index contributed by atoms with van der Waals surface area (Å²) in [5, 5.41) is 1.34. The maximum Gasteiger partial charge on any atom is 0.352 e. The van der Waals surface area contributed by atoms with E-state index in [-0.39, 0.29) is 10.1 Å². The van der Waals surface area contributed by atoms with Crippen molar-refractivity contribution in [2.75, 3.05) is 0 Å². The Balaban J connectivity index is 1.87. The van der Waals surface area contributed by atoms with E-state index in [2.05, 4.69) is 30.5 Å². The van der Waals surface area contributed by atoms with Crippen molar-refractivity contribution in [2.45, 2.75) is 65.0 Å². The first-order chi connectivity index (χ1) is 12.6. The minimum absolute atomic E-state index is 0.0104. The zero-order chi connectivity index (χ0) is 18.7. The van der Waals surface area contributed by atoms with Crippen LogP contribution in [-0.4, -0.2) is 10.5 Å². The van der Waals surface area contributed by atoms with Crippen LogP contribution < -0.4 is 0 Å². The van der Waals surface area contributed by atoms with Gasteiger partial charge in [0.15, 0.2) is 6.10 Å². The summed E-state index contributed by atoms with van der Waals surface area (Å²) < 4.78 is 7.77. The molecule has 0 radical (unpaired) electrons. The number of nitrogens with zero attached hydrogens (tertiary/aromatic N) is 1. The highest BCUT2D eigenvalue weighted by molar-refractivity contribution is 6.48. The lowest BCUT2D eigenvalue weighted by Gasteiger charge is -2.13. The van der Waals surface area contributed by atoms with Gasteiger partial charge < -0.3 is 9.30 Å². The summed E-state index contributed by atoms with van der Waals surface area (Å²) in [7, 11) is 0. The molecule has 1 aliphatic heterocycles. The van der Waals surface area contributed by atoms with E-state index in [9.17, 15) is 4.79 Å².